The molecule has 0 atom stereocenters. The van der Waals surface area contributed by atoms with E-state index in [1.807, 2.05) is 17.4 Å². The standard InChI is InChI=1S/C60H57BN2OS/c1-36-30-43(60(9,10)11)31-37(2)55(36)63-49-22-17-21-48-54(49)61(57-56(63)45-35-42(59(6,7)8)26-29-53(45)65-57)46-27-24-40(52-33-39-20-15-16-23-51(39)64-52)32-50(46)62(48)47-28-25-41(58(3,4)5)34-44(47)38-18-13-12-14-19-38/h12-35H,1-11H3. The van der Waals surface area contributed by atoms with Gasteiger partial charge < -0.3 is 14.2 Å². The second-order valence-corrected chi connectivity index (χ2v) is 22.7. The minimum atomic E-state index is -0.0312. The predicted octanol–water partition coefficient (Wildman–Crippen LogP) is 15.6. The average Bonchev–Trinajstić information content (AvgIpc) is 3.88. The van der Waals surface area contributed by atoms with Crippen LogP contribution in [-0.4, -0.2) is 6.71 Å². The first-order chi connectivity index (χ1) is 31.0. The van der Waals surface area contributed by atoms with Gasteiger partial charge >= 0.3 is 0 Å². The highest BCUT2D eigenvalue weighted by Crippen LogP contribution is 2.52. The fourth-order valence-electron chi connectivity index (χ4n) is 10.4. The zero-order valence-electron chi connectivity index (χ0n) is 39.6. The minimum Gasteiger partial charge on any atom is -0.456 e. The third kappa shape index (κ3) is 6.68. The highest BCUT2D eigenvalue weighted by molar-refractivity contribution is 7.33. The molecule has 0 N–H and O–H groups in total. The fraction of sp³-hybridized carbons (Fsp3) is 0.233. The second kappa shape index (κ2) is 14.6. The van der Waals surface area contributed by atoms with Crippen LogP contribution in [0.3, 0.4) is 0 Å². The zero-order valence-corrected chi connectivity index (χ0v) is 40.5. The maximum absolute atomic E-state index is 6.61. The molecule has 2 aromatic heterocycles. The maximum atomic E-state index is 6.61. The van der Waals surface area contributed by atoms with Gasteiger partial charge in [0, 0.05) is 48.4 Å². The minimum absolute atomic E-state index is 0.00221. The van der Waals surface area contributed by atoms with Crippen molar-refractivity contribution in [3.63, 3.8) is 0 Å². The van der Waals surface area contributed by atoms with Crippen molar-refractivity contribution >= 4 is 88.9 Å². The normalized spacial score (nSPS) is 13.7. The quantitative estimate of drug-likeness (QED) is 0.164. The van der Waals surface area contributed by atoms with Crippen molar-refractivity contribution in [2.24, 2.45) is 0 Å². The molecule has 0 radical (unpaired) electrons. The van der Waals surface area contributed by atoms with E-state index >= 15 is 0 Å². The topological polar surface area (TPSA) is 19.6 Å². The predicted molar refractivity (Wildman–Crippen MR) is 282 cm³/mol. The number of thiophene rings is 1. The number of nitrogens with zero attached hydrogens (tertiary/aromatic N) is 2. The molecule has 0 saturated carbocycles. The van der Waals surface area contributed by atoms with Crippen LogP contribution in [0.5, 0.6) is 0 Å². The largest absolute Gasteiger partial charge is 0.456 e. The van der Waals surface area contributed by atoms with Crippen molar-refractivity contribution in [2.45, 2.75) is 92.4 Å². The highest BCUT2D eigenvalue weighted by atomic mass is 32.1. The van der Waals surface area contributed by atoms with Crippen LogP contribution in [0.15, 0.2) is 150 Å². The molecule has 0 spiro atoms. The van der Waals surface area contributed by atoms with Gasteiger partial charge in [-0.25, -0.2) is 0 Å². The lowest BCUT2D eigenvalue weighted by atomic mass is 9.36. The summed E-state index contributed by atoms with van der Waals surface area (Å²) in [7, 11) is 0. The van der Waals surface area contributed by atoms with Crippen molar-refractivity contribution in [3.05, 3.63) is 173 Å². The summed E-state index contributed by atoms with van der Waals surface area (Å²) >= 11 is 1.97. The molecule has 3 nitrogen and oxygen atoms in total. The van der Waals surface area contributed by atoms with E-state index in [0.717, 1.165) is 28.0 Å². The molecule has 2 aliphatic rings. The Hall–Kier alpha value is -6.30. The van der Waals surface area contributed by atoms with Gasteiger partial charge in [0.05, 0.1) is 17.1 Å². The van der Waals surface area contributed by atoms with Crippen molar-refractivity contribution in [3.8, 4) is 22.5 Å². The van der Waals surface area contributed by atoms with Crippen LogP contribution in [-0.2, 0) is 16.2 Å². The lowest BCUT2D eigenvalue weighted by Crippen LogP contribution is -2.60. The van der Waals surface area contributed by atoms with Gasteiger partial charge in [0.15, 0.2) is 0 Å². The van der Waals surface area contributed by atoms with E-state index in [0.29, 0.717) is 0 Å². The van der Waals surface area contributed by atoms with Gasteiger partial charge in [-0.2, -0.15) is 0 Å². The Morgan fingerprint density at radius 1 is 0.492 bits per heavy atom. The highest BCUT2D eigenvalue weighted by Gasteiger charge is 2.46. The first-order valence-corrected chi connectivity index (χ1v) is 24.0. The third-order valence-corrected chi connectivity index (χ3v) is 15.2. The summed E-state index contributed by atoms with van der Waals surface area (Å²) in [6, 6.07) is 54.8. The van der Waals surface area contributed by atoms with Gasteiger partial charge in [-0.1, -0.05) is 153 Å². The van der Waals surface area contributed by atoms with Gasteiger partial charge in [0.1, 0.15) is 11.3 Å². The van der Waals surface area contributed by atoms with Crippen molar-refractivity contribution in [1.82, 2.24) is 0 Å². The molecule has 65 heavy (non-hydrogen) atoms. The van der Waals surface area contributed by atoms with E-state index in [4.69, 9.17) is 4.42 Å². The van der Waals surface area contributed by atoms with Crippen LogP contribution in [0.25, 0.3) is 43.5 Å². The lowest BCUT2D eigenvalue weighted by molar-refractivity contribution is 0.589. The number of hydrogen-bond acceptors (Lipinski definition) is 4. The second-order valence-electron chi connectivity index (χ2n) is 21.6. The van der Waals surface area contributed by atoms with E-state index in [-0.39, 0.29) is 23.0 Å². The molecule has 0 saturated heterocycles. The van der Waals surface area contributed by atoms with Gasteiger partial charge in [-0.05, 0) is 129 Å². The first-order valence-electron chi connectivity index (χ1n) is 23.2. The summed E-state index contributed by atoms with van der Waals surface area (Å²) in [5.74, 6) is 0.872. The summed E-state index contributed by atoms with van der Waals surface area (Å²) in [4.78, 5) is 5.22. The summed E-state index contributed by atoms with van der Waals surface area (Å²) in [5, 5.41) is 2.42. The number of furan rings is 1. The number of rotatable bonds is 4. The van der Waals surface area contributed by atoms with Crippen molar-refractivity contribution in [2.75, 3.05) is 9.80 Å². The first kappa shape index (κ1) is 41.4. The molecule has 0 unspecified atom stereocenters. The molecular formula is C60H57BN2OS. The van der Waals surface area contributed by atoms with Crippen LogP contribution < -0.4 is 25.5 Å². The van der Waals surface area contributed by atoms with E-state index in [1.165, 1.54) is 93.2 Å². The number of para-hydroxylation sites is 1. The van der Waals surface area contributed by atoms with E-state index < -0.39 is 0 Å². The van der Waals surface area contributed by atoms with Crippen LogP contribution in [0.2, 0.25) is 0 Å². The Morgan fingerprint density at radius 2 is 1.14 bits per heavy atom. The average molecular weight is 865 g/mol. The van der Waals surface area contributed by atoms with Gasteiger partial charge in [-0.15, -0.1) is 11.3 Å². The number of aryl methyl sites for hydroxylation is 2. The molecule has 0 amide bonds. The van der Waals surface area contributed by atoms with Crippen LogP contribution in [0, 0.1) is 13.8 Å². The SMILES string of the molecule is Cc1cc(C(C)(C)C)cc(C)c1N1c2cccc3c2B(c2ccc(-c4cc5ccccc5o4)cc2N3c2ccc(C(C)(C)C)cc2-c2ccccc2)c2sc3ccc(C(C)(C)C)cc3c21. The molecule has 2 aliphatic heterocycles. The Bertz CT molecular complexity index is 3310. The Labute approximate surface area is 389 Å². The third-order valence-electron chi connectivity index (χ3n) is 13.9. The van der Waals surface area contributed by atoms with Crippen molar-refractivity contribution in [1.29, 1.82) is 0 Å². The summed E-state index contributed by atoms with van der Waals surface area (Å²) < 4.78 is 9.31. The summed E-state index contributed by atoms with van der Waals surface area (Å²) in [5.41, 5.74) is 20.9. The summed E-state index contributed by atoms with van der Waals surface area (Å²) in [6.07, 6.45) is 0. The molecule has 4 heterocycles. The Morgan fingerprint density at radius 3 is 1.83 bits per heavy atom. The summed E-state index contributed by atoms with van der Waals surface area (Å²) in [6.45, 7) is 25.5. The lowest BCUT2D eigenvalue weighted by Gasteiger charge is -2.44. The Kier molecular flexibility index (Phi) is 9.31. The number of fused-ring (bicyclic) bond motifs is 7. The molecule has 11 rings (SSSR count). The molecule has 9 aromatic rings. The monoisotopic (exact) mass is 864 g/mol. The Balaban J connectivity index is 1.25. The van der Waals surface area contributed by atoms with Crippen LogP contribution in [0.1, 0.15) is 90.1 Å². The number of benzene rings is 7. The maximum Gasteiger partial charge on any atom is 0.264 e. The van der Waals surface area contributed by atoms with Crippen molar-refractivity contribution < 1.29 is 4.42 Å². The van der Waals surface area contributed by atoms with E-state index in [1.54, 1.807) is 0 Å². The molecule has 7 aromatic carbocycles. The van der Waals surface area contributed by atoms with Gasteiger partial charge in [0.2, 0.25) is 0 Å². The zero-order chi connectivity index (χ0) is 45.3. The molecule has 322 valence electrons. The van der Waals surface area contributed by atoms with Gasteiger partial charge in [0.25, 0.3) is 6.71 Å². The van der Waals surface area contributed by atoms with Crippen LogP contribution >= 0.6 is 11.3 Å². The molecule has 0 fully saturated rings. The molecule has 5 heteroatoms. The molecule has 0 bridgehead atoms. The van der Waals surface area contributed by atoms with E-state index in [2.05, 4.69) is 225 Å². The van der Waals surface area contributed by atoms with Gasteiger partial charge in [-0.3, -0.25) is 0 Å². The van der Waals surface area contributed by atoms with Crippen LogP contribution in [0.4, 0.5) is 34.1 Å². The number of anilines is 6. The van der Waals surface area contributed by atoms with E-state index in [9.17, 15) is 0 Å². The molecule has 0 aliphatic carbocycles. The molecular weight excluding hydrogens is 808 g/mol. The number of hydrogen-bond donors (Lipinski definition) is 0. The smallest absolute Gasteiger partial charge is 0.264 e. The fourth-order valence-corrected chi connectivity index (χ4v) is 11.7.